The van der Waals surface area contributed by atoms with E-state index in [1.54, 1.807) is 24.3 Å². The van der Waals surface area contributed by atoms with Crippen molar-refractivity contribution in [3.8, 4) is 0 Å². The van der Waals surface area contributed by atoms with Gasteiger partial charge in [-0.1, -0.05) is 23.7 Å². The molecule has 5 nitrogen and oxygen atoms in total. The van der Waals surface area contributed by atoms with E-state index in [-0.39, 0.29) is 23.8 Å². The molecule has 27 heavy (non-hydrogen) atoms. The van der Waals surface area contributed by atoms with Crippen LogP contribution in [0.3, 0.4) is 0 Å². The molecule has 0 heterocycles. The number of nitrogens with one attached hydrogen (secondary N) is 2. The lowest BCUT2D eigenvalue weighted by Crippen LogP contribution is -2.28. The molecule has 0 bridgehead atoms. The molecule has 1 aliphatic carbocycles. The molecule has 0 aromatic heterocycles. The number of fused-ring (bicyclic) bond motifs is 1. The summed E-state index contributed by atoms with van der Waals surface area (Å²) in [4.78, 5) is 12.4. The minimum Gasteiger partial charge on any atom is -0.326 e. The fourth-order valence-corrected chi connectivity index (χ4v) is 4.45. The highest BCUT2D eigenvalue weighted by molar-refractivity contribution is 7.89. The summed E-state index contributed by atoms with van der Waals surface area (Å²) < 4.78 is 27.5. The van der Waals surface area contributed by atoms with Crippen molar-refractivity contribution in [2.45, 2.75) is 43.9 Å². The third kappa shape index (κ3) is 5.09. The highest BCUT2D eigenvalue weighted by Crippen LogP contribution is 2.24. The van der Waals surface area contributed by atoms with Crippen LogP contribution in [-0.4, -0.2) is 20.9 Å². The maximum atomic E-state index is 12.5. The lowest BCUT2D eigenvalue weighted by atomic mass is 9.92. The minimum atomic E-state index is -3.63. The number of hydrogen-bond donors (Lipinski definition) is 2. The Bertz CT molecular complexity index is 958. The molecule has 7 heteroatoms. The molecule has 2 aromatic carbocycles. The molecule has 1 amide bonds. The number of aryl methyl sites for hydroxylation is 3. The van der Waals surface area contributed by atoms with Crippen LogP contribution in [0.5, 0.6) is 0 Å². The summed E-state index contributed by atoms with van der Waals surface area (Å²) in [5.74, 6) is -0.270. The van der Waals surface area contributed by atoms with Gasteiger partial charge in [-0.05, 0) is 73.6 Å². The van der Waals surface area contributed by atoms with Crippen LogP contribution in [0.15, 0.2) is 41.3 Å². The first-order chi connectivity index (χ1) is 12.8. The van der Waals surface area contributed by atoms with Crippen molar-refractivity contribution in [1.29, 1.82) is 0 Å². The van der Waals surface area contributed by atoms with Gasteiger partial charge in [0.2, 0.25) is 15.9 Å². The quantitative estimate of drug-likeness (QED) is 0.765. The number of carbonyl (C=O) groups is 1. The molecule has 2 aromatic rings. The molecule has 0 atom stereocenters. The lowest BCUT2D eigenvalue weighted by molar-refractivity contribution is -0.116. The number of hydrogen-bond acceptors (Lipinski definition) is 3. The topological polar surface area (TPSA) is 75.3 Å². The maximum absolute atomic E-state index is 12.5. The summed E-state index contributed by atoms with van der Waals surface area (Å²) in [6.07, 6.45) is 4.20. The van der Waals surface area contributed by atoms with Crippen molar-refractivity contribution >= 4 is 33.2 Å². The fraction of sp³-hybridized carbons (Fsp3) is 0.350. The van der Waals surface area contributed by atoms with E-state index in [0.717, 1.165) is 36.8 Å². The van der Waals surface area contributed by atoms with Gasteiger partial charge in [-0.3, -0.25) is 4.79 Å². The van der Waals surface area contributed by atoms with Gasteiger partial charge in [0.05, 0.1) is 4.90 Å². The predicted octanol–water partition coefficient (Wildman–Crippen LogP) is 3.83. The van der Waals surface area contributed by atoms with Crippen molar-refractivity contribution in [2.75, 3.05) is 11.9 Å². The molecule has 0 saturated carbocycles. The Morgan fingerprint density at radius 1 is 1.07 bits per heavy atom. The second-order valence-corrected chi connectivity index (χ2v) is 9.00. The molecule has 2 N–H and O–H groups in total. The summed E-state index contributed by atoms with van der Waals surface area (Å²) >= 11 is 5.94. The first-order valence-electron chi connectivity index (χ1n) is 9.02. The Morgan fingerprint density at radius 2 is 1.81 bits per heavy atom. The Labute approximate surface area is 165 Å². The van der Waals surface area contributed by atoms with E-state index >= 15 is 0 Å². The van der Waals surface area contributed by atoms with Crippen LogP contribution in [0.1, 0.15) is 36.0 Å². The fourth-order valence-electron chi connectivity index (χ4n) is 3.20. The Morgan fingerprint density at radius 3 is 2.59 bits per heavy atom. The number of halogens is 1. The number of sulfonamides is 1. The first kappa shape index (κ1) is 19.9. The van der Waals surface area contributed by atoms with Crippen molar-refractivity contribution in [1.82, 2.24) is 4.72 Å². The van der Waals surface area contributed by atoms with Gasteiger partial charge in [0, 0.05) is 23.7 Å². The van der Waals surface area contributed by atoms with Crippen LogP contribution in [0, 0.1) is 6.92 Å². The highest BCUT2D eigenvalue weighted by atomic mass is 35.5. The Kier molecular flexibility index (Phi) is 6.19. The van der Waals surface area contributed by atoms with E-state index in [4.69, 9.17) is 11.6 Å². The van der Waals surface area contributed by atoms with Crippen LogP contribution >= 0.6 is 11.6 Å². The second-order valence-electron chi connectivity index (χ2n) is 6.79. The van der Waals surface area contributed by atoms with E-state index in [1.807, 2.05) is 19.1 Å². The highest BCUT2D eigenvalue weighted by Gasteiger charge is 2.18. The van der Waals surface area contributed by atoms with Crippen molar-refractivity contribution in [3.63, 3.8) is 0 Å². The minimum absolute atomic E-state index is 0.0326. The van der Waals surface area contributed by atoms with Crippen LogP contribution in [0.2, 0.25) is 5.02 Å². The Balaban J connectivity index is 1.57. The van der Waals surface area contributed by atoms with Gasteiger partial charge >= 0.3 is 0 Å². The second kappa shape index (κ2) is 8.42. The maximum Gasteiger partial charge on any atom is 0.240 e. The van der Waals surface area contributed by atoms with Crippen molar-refractivity contribution in [2.24, 2.45) is 0 Å². The van der Waals surface area contributed by atoms with Gasteiger partial charge in [-0.25, -0.2) is 13.1 Å². The molecular weight excluding hydrogens is 384 g/mol. The third-order valence-corrected chi connectivity index (χ3v) is 6.44. The monoisotopic (exact) mass is 406 g/mol. The zero-order chi connectivity index (χ0) is 19.4. The van der Waals surface area contributed by atoms with Crippen molar-refractivity contribution < 1.29 is 13.2 Å². The van der Waals surface area contributed by atoms with Gasteiger partial charge in [-0.2, -0.15) is 0 Å². The molecule has 0 unspecified atom stereocenters. The van der Waals surface area contributed by atoms with Gasteiger partial charge in [-0.15, -0.1) is 0 Å². The van der Waals surface area contributed by atoms with E-state index < -0.39 is 10.0 Å². The molecule has 3 rings (SSSR count). The van der Waals surface area contributed by atoms with E-state index in [0.29, 0.717) is 10.7 Å². The van der Waals surface area contributed by atoms with Gasteiger partial charge in [0.25, 0.3) is 0 Å². The predicted molar refractivity (Wildman–Crippen MR) is 108 cm³/mol. The number of amides is 1. The zero-order valence-corrected chi connectivity index (χ0v) is 16.8. The van der Waals surface area contributed by atoms with Crippen molar-refractivity contribution in [3.05, 3.63) is 58.1 Å². The average Bonchev–Trinajstić information content (AvgIpc) is 2.64. The molecule has 1 aliphatic rings. The molecule has 0 radical (unpaired) electrons. The first-order valence-corrected chi connectivity index (χ1v) is 10.9. The average molecular weight is 407 g/mol. The normalized spacial score (nSPS) is 13.9. The summed E-state index contributed by atoms with van der Waals surface area (Å²) in [6.45, 7) is 1.90. The van der Waals surface area contributed by atoms with E-state index in [1.165, 1.54) is 5.56 Å². The SMILES string of the molecule is Cc1ccc(Cl)cc1NC(=O)CCNS(=O)(=O)c1ccc2c(c1)CCCC2. The molecule has 0 aliphatic heterocycles. The van der Waals surface area contributed by atoms with Gasteiger partial charge < -0.3 is 5.32 Å². The smallest absolute Gasteiger partial charge is 0.240 e. The summed E-state index contributed by atoms with van der Waals surface area (Å²) in [6, 6.07) is 10.5. The molecule has 0 fully saturated rings. The molecular formula is C20H23ClN2O3S. The van der Waals surface area contributed by atoms with Crippen LogP contribution < -0.4 is 10.0 Å². The van der Waals surface area contributed by atoms with Gasteiger partial charge in [0.1, 0.15) is 0 Å². The standard InChI is InChI=1S/C20H23ClN2O3S/c1-14-6-8-17(21)13-19(14)23-20(24)10-11-22-27(25,26)18-9-7-15-4-2-3-5-16(15)12-18/h6-9,12-13,22H,2-5,10-11H2,1H3,(H,23,24). The van der Waals surface area contributed by atoms with Crippen LogP contribution in [-0.2, 0) is 27.7 Å². The third-order valence-electron chi connectivity index (χ3n) is 4.75. The van der Waals surface area contributed by atoms with E-state index in [2.05, 4.69) is 10.0 Å². The van der Waals surface area contributed by atoms with Crippen LogP contribution in [0.25, 0.3) is 0 Å². The van der Waals surface area contributed by atoms with E-state index in [9.17, 15) is 13.2 Å². The number of rotatable bonds is 6. The summed E-state index contributed by atoms with van der Waals surface area (Å²) in [7, 11) is -3.63. The van der Waals surface area contributed by atoms with Crippen LogP contribution in [0.4, 0.5) is 5.69 Å². The molecule has 144 valence electrons. The number of carbonyl (C=O) groups excluding carboxylic acids is 1. The van der Waals surface area contributed by atoms with Gasteiger partial charge in [0.15, 0.2) is 0 Å². The Hall–Kier alpha value is -1.89. The summed E-state index contributed by atoms with van der Waals surface area (Å²) in [5, 5.41) is 3.29. The lowest BCUT2D eigenvalue weighted by Gasteiger charge is -2.16. The largest absolute Gasteiger partial charge is 0.326 e. The summed E-state index contributed by atoms with van der Waals surface area (Å²) in [5.41, 5.74) is 3.86. The number of benzene rings is 2. The molecule has 0 spiro atoms. The molecule has 0 saturated heterocycles. The zero-order valence-electron chi connectivity index (χ0n) is 15.2. The number of anilines is 1.